The number of fused-ring (bicyclic) bond motifs is 3. The lowest BCUT2D eigenvalue weighted by Gasteiger charge is -2.44. The van der Waals surface area contributed by atoms with Crippen LogP contribution in [0.2, 0.25) is 0 Å². The third-order valence-electron chi connectivity index (χ3n) is 4.82. The average Bonchev–Trinajstić information content (AvgIpc) is 2.54. The number of aryl methyl sites for hydroxylation is 1. The molecular weight excluding hydrogens is 276 g/mol. The van der Waals surface area contributed by atoms with E-state index in [2.05, 4.69) is 24.0 Å². The Morgan fingerprint density at radius 1 is 1.41 bits per heavy atom. The minimum absolute atomic E-state index is 0.0612. The maximum Gasteiger partial charge on any atom is 0.253 e. The summed E-state index contributed by atoms with van der Waals surface area (Å²) >= 11 is 0. The summed E-state index contributed by atoms with van der Waals surface area (Å²) in [5, 5.41) is 0. The summed E-state index contributed by atoms with van der Waals surface area (Å²) < 4.78 is 6.11. The van der Waals surface area contributed by atoms with Crippen molar-refractivity contribution in [3.63, 3.8) is 0 Å². The van der Waals surface area contributed by atoms with Gasteiger partial charge in [-0.2, -0.15) is 0 Å². The number of hydrogen-bond acceptors (Lipinski definition) is 3. The van der Waals surface area contributed by atoms with E-state index >= 15 is 0 Å². The van der Waals surface area contributed by atoms with Crippen molar-refractivity contribution in [2.75, 3.05) is 33.8 Å². The first-order valence-corrected chi connectivity index (χ1v) is 8.32. The molecule has 0 saturated carbocycles. The highest BCUT2D eigenvalue weighted by atomic mass is 16.5. The summed E-state index contributed by atoms with van der Waals surface area (Å²) in [6, 6.07) is 6.59. The molecule has 3 rings (SSSR count). The monoisotopic (exact) mass is 302 g/mol. The zero-order valence-electron chi connectivity index (χ0n) is 13.8. The standard InChI is InChI=1S/C18H26N2O2/c1-4-9-20-10-11-22-17-15-12-14(18(21)19(2)3)6-5-13(15)7-8-16(17)20/h5-6,12,16-17H,4,7-11H2,1-3H3/t16-,17-/m0/s1. The number of ether oxygens (including phenoxy) is 1. The first-order chi connectivity index (χ1) is 10.6. The fourth-order valence-corrected chi connectivity index (χ4v) is 3.74. The van der Waals surface area contributed by atoms with Crippen molar-refractivity contribution >= 4 is 5.91 Å². The minimum atomic E-state index is 0.0612. The zero-order chi connectivity index (χ0) is 15.7. The van der Waals surface area contributed by atoms with Crippen LogP contribution in [-0.4, -0.2) is 55.5 Å². The number of morpholine rings is 1. The second-order valence-electron chi connectivity index (χ2n) is 6.55. The lowest BCUT2D eigenvalue weighted by molar-refractivity contribution is -0.0801. The molecule has 22 heavy (non-hydrogen) atoms. The van der Waals surface area contributed by atoms with Crippen LogP contribution < -0.4 is 0 Å². The number of amides is 1. The van der Waals surface area contributed by atoms with E-state index in [1.807, 2.05) is 6.07 Å². The summed E-state index contributed by atoms with van der Waals surface area (Å²) in [7, 11) is 3.59. The second-order valence-corrected chi connectivity index (χ2v) is 6.55. The molecule has 1 aromatic carbocycles. The first-order valence-electron chi connectivity index (χ1n) is 8.32. The summed E-state index contributed by atoms with van der Waals surface area (Å²) in [5.74, 6) is 0.0612. The van der Waals surface area contributed by atoms with Crippen molar-refractivity contribution in [3.8, 4) is 0 Å². The fourth-order valence-electron chi connectivity index (χ4n) is 3.74. The SMILES string of the molecule is CCCN1CCO[C@H]2c3cc(C(=O)N(C)C)ccc3CC[C@@H]21. The van der Waals surface area contributed by atoms with E-state index in [4.69, 9.17) is 4.74 Å². The topological polar surface area (TPSA) is 32.8 Å². The molecule has 0 bridgehead atoms. The molecule has 0 unspecified atom stereocenters. The minimum Gasteiger partial charge on any atom is -0.371 e. The molecule has 4 nitrogen and oxygen atoms in total. The van der Waals surface area contributed by atoms with E-state index in [0.717, 1.165) is 38.1 Å². The smallest absolute Gasteiger partial charge is 0.253 e. The van der Waals surface area contributed by atoms with Crippen LogP contribution in [0.25, 0.3) is 0 Å². The molecule has 0 aromatic heterocycles. The largest absolute Gasteiger partial charge is 0.371 e. The van der Waals surface area contributed by atoms with Crippen LogP contribution in [-0.2, 0) is 11.2 Å². The third-order valence-corrected chi connectivity index (χ3v) is 4.82. The number of benzene rings is 1. The maximum absolute atomic E-state index is 12.2. The predicted octanol–water partition coefficient (Wildman–Crippen LogP) is 2.49. The molecule has 1 aliphatic heterocycles. The Hall–Kier alpha value is -1.39. The second kappa shape index (κ2) is 6.39. The van der Waals surface area contributed by atoms with Gasteiger partial charge in [-0.1, -0.05) is 13.0 Å². The van der Waals surface area contributed by atoms with Crippen LogP contribution in [0, 0.1) is 0 Å². The molecule has 4 heteroatoms. The Morgan fingerprint density at radius 2 is 2.23 bits per heavy atom. The Labute approximate surface area is 133 Å². The van der Waals surface area contributed by atoms with Crippen molar-refractivity contribution < 1.29 is 9.53 Å². The van der Waals surface area contributed by atoms with Crippen LogP contribution in [0.3, 0.4) is 0 Å². The first kappa shape index (κ1) is 15.5. The molecule has 120 valence electrons. The van der Waals surface area contributed by atoms with Gasteiger partial charge in [0.15, 0.2) is 0 Å². The molecule has 1 amide bonds. The van der Waals surface area contributed by atoms with Crippen LogP contribution in [0.5, 0.6) is 0 Å². The molecule has 1 aliphatic carbocycles. The molecule has 1 heterocycles. The zero-order valence-corrected chi connectivity index (χ0v) is 13.8. The van der Waals surface area contributed by atoms with E-state index in [1.165, 1.54) is 17.5 Å². The van der Waals surface area contributed by atoms with Gasteiger partial charge < -0.3 is 9.64 Å². The van der Waals surface area contributed by atoms with E-state index in [9.17, 15) is 4.79 Å². The van der Waals surface area contributed by atoms with Gasteiger partial charge in [-0.3, -0.25) is 9.69 Å². The molecule has 1 fully saturated rings. The van der Waals surface area contributed by atoms with E-state index in [-0.39, 0.29) is 12.0 Å². The highest BCUT2D eigenvalue weighted by Crippen LogP contribution is 2.38. The van der Waals surface area contributed by atoms with E-state index in [1.54, 1.807) is 19.0 Å². The van der Waals surface area contributed by atoms with Crippen LogP contribution in [0.1, 0.15) is 47.4 Å². The van der Waals surface area contributed by atoms with Crippen molar-refractivity contribution in [2.45, 2.75) is 38.3 Å². The van der Waals surface area contributed by atoms with Gasteiger partial charge in [0.1, 0.15) is 0 Å². The van der Waals surface area contributed by atoms with Gasteiger partial charge in [-0.25, -0.2) is 0 Å². The van der Waals surface area contributed by atoms with Crippen LogP contribution >= 0.6 is 0 Å². The van der Waals surface area contributed by atoms with Crippen LogP contribution in [0.4, 0.5) is 0 Å². The number of nitrogens with zero attached hydrogens (tertiary/aromatic N) is 2. The number of carbonyl (C=O) groups is 1. The van der Waals surface area contributed by atoms with Gasteiger partial charge in [-0.05, 0) is 49.1 Å². The molecule has 1 saturated heterocycles. The van der Waals surface area contributed by atoms with Crippen molar-refractivity contribution in [2.24, 2.45) is 0 Å². The molecule has 2 aliphatic rings. The van der Waals surface area contributed by atoms with Gasteiger partial charge in [0.25, 0.3) is 5.91 Å². The normalized spacial score (nSPS) is 24.5. The van der Waals surface area contributed by atoms with E-state index < -0.39 is 0 Å². The van der Waals surface area contributed by atoms with Gasteiger partial charge in [0.05, 0.1) is 12.7 Å². The summed E-state index contributed by atoms with van der Waals surface area (Å²) in [4.78, 5) is 16.4. The van der Waals surface area contributed by atoms with Gasteiger partial charge in [-0.15, -0.1) is 0 Å². The van der Waals surface area contributed by atoms with Gasteiger partial charge >= 0.3 is 0 Å². The highest BCUT2D eigenvalue weighted by Gasteiger charge is 2.37. The van der Waals surface area contributed by atoms with Crippen molar-refractivity contribution in [1.29, 1.82) is 0 Å². The van der Waals surface area contributed by atoms with E-state index in [0.29, 0.717) is 6.04 Å². The Kier molecular flexibility index (Phi) is 4.50. The summed E-state index contributed by atoms with van der Waals surface area (Å²) in [5.41, 5.74) is 3.33. The lowest BCUT2D eigenvalue weighted by atomic mass is 9.83. The highest BCUT2D eigenvalue weighted by molar-refractivity contribution is 5.94. The molecule has 2 atom stereocenters. The van der Waals surface area contributed by atoms with Gasteiger partial charge in [0, 0.05) is 32.2 Å². The quantitative estimate of drug-likeness (QED) is 0.860. The molecular formula is C18H26N2O2. The Bertz CT molecular complexity index is 554. The summed E-state index contributed by atoms with van der Waals surface area (Å²) in [6.45, 7) is 5.18. The number of hydrogen-bond donors (Lipinski definition) is 0. The summed E-state index contributed by atoms with van der Waals surface area (Å²) in [6.07, 6.45) is 3.53. The number of carbonyl (C=O) groups excluding carboxylic acids is 1. The van der Waals surface area contributed by atoms with Crippen LogP contribution in [0.15, 0.2) is 18.2 Å². The third kappa shape index (κ3) is 2.77. The lowest BCUT2D eigenvalue weighted by Crippen LogP contribution is -2.49. The maximum atomic E-state index is 12.2. The fraction of sp³-hybridized carbons (Fsp3) is 0.611. The van der Waals surface area contributed by atoms with Crippen molar-refractivity contribution in [3.05, 3.63) is 34.9 Å². The molecule has 0 spiro atoms. The number of rotatable bonds is 3. The molecule has 0 radical (unpaired) electrons. The Morgan fingerprint density at radius 3 is 2.95 bits per heavy atom. The van der Waals surface area contributed by atoms with Crippen molar-refractivity contribution in [1.82, 2.24) is 9.80 Å². The average molecular weight is 302 g/mol. The van der Waals surface area contributed by atoms with Gasteiger partial charge in [0.2, 0.25) is 0 Å². The molecule has 1 aromatic rings. The Balaban J connectivity index is 1.91. The molecule has 0 N–H and O–H groups in total. The predicted molar refractivity (Wildman–Crippen MR) is 87.1 cm³/mol.